The molecule has 0 aliphatic heterocycles. The first-order valence-electron chi connectivity index (χ1n) is 4.43. The molecule has 0 atom stereocenters. The Morgan fingerprint density at radius 1 is 1.18 bits per heavy atom. The summed E-state index contributed by atoms with van der Waals surface area (Å²) < 4.78 is 5.35. The van der Waals surface area contributed by atoms with Crippen molar-refractivity contribution >= 4 is 0 Å². The van der Waals surface area contributed by atoms with E-state index < -0.39 is 0 Å². The third-order valence-corrected chi connectivity index (χ3v) is 1.50. The third kappa shape index (κ3) is 9.52. The van der Waals surface area contributed by atoms with Crippen LogP contribution in [0.1, 0.15) is 39.0 Å². The van der Waals surface area contributed by atoms with Crippen molar-refractivity contribution in [1.82, 2.24) is 0 Å². The normalized spacial score (nSPS) is 9.45. The number of ether oxygens (including phenoxy) is 1. The zero-order valence-electron chi connectivity index (χ0n) is 7.44. The molecule has 0 aliphatic carbocycles. The number of hydrogen-bond acceptors (Lipinski definition) is 1. The Balaban J connectivity index is 2.75. The Morgan fingerprint density at radius 3 is 2.55 bits per heavy atom. The molecule has 0 spiro atoms. The smallest absolute Gasteiger partial charge is 0.0466 e. The molecule has 0 saturated carbocycles. The minimum Gasteiger partial charge on any atom is -0.381 e. The molecule has 0 saturated heterocycles. The molecule has 0 heterocycles. The van der Waals surface area contributed by atoms with E-state index in [0.29, 0.717) is 0 Å². The van der Waals surface area contributed by atoms with Crippen LogP contribution in [0, 0.1) is 12.3 Å². The van der Waals surface area contributed by atoms with Crippen LogP contribution in [0.15, 0.2) is 0 Å². The van der Waals surface area contributed by atoms with Crippen molar-refractivity contribution in [3.05, 3.63) is 0 Å². The van der Waals surface area contributed by atoms with E-state index >= 15 is 0 Å². The van der Waals surface area contributed by atoms with Gasteiger partial charge in [0.15, 0.2) is 0 Å². The van der Waals surface area contributed by atoms with Crippen molar-refractivity contribution in [1.29, 1.82) is 0 Å². The van der Waals surface area contributed by atoms with E-state index in [1.54, 1.807) is 0 Å². The first-order valence-corrected chi connectivity index (χ1v) is 4.43. The highest BCUT2D eigenvalue weighted by atomic mass is 16.5. The molecule has 0 radical (unpaired) electrons. The van der Waals surface area contributed by atoms with Gasteiger partial charge in [-0.05, 0) is 19.3 Å². The highest BCUT2D eigenvalue weighted by molar-refractivity contribution is 4.82. The average Bonchev–Trinajstić information content (AvgIpc) is 2.03. The van der Waals surface area contributed by atoms with Gasteiger partial charge in [-0.2, -0.15) is 0 Å². The van der Waals surface area contributed by atoms with Crippen LogP contribution in [0.25, 0.3) is 0 Å². The van der Waals surface area contributed by atoms with Gasteiger partial charge in [0.25, 0.3) is 0 Å². The van der Waals surface area contributed by atoms with Crippen LogP contribution in [0.3, 0.4) is 0 Å². The molecule has 0 aromatic rings. The first-order chi connectivity index (χ1) is 5.41. The molecule has 0 unspecified atom stereocenters. The van der Waals surface area contributed by atoms with E-state index in [1.165, 1.54) is 12.8 Å². The molecule has 0 aromatic heterocycles. The van der Waals surface area contributed by atoms with Crippen molar-refractivity contribution in [2.75, 3.05) is 13.2 Å². The second kappa shape index (κ2) is 9.52. The van der Waals surface area contributed by atoms with Crippen molar-refractivity contribution in [3.63, 3.8) is 0 Å². The van der Waals surface area contributed by atoms with Crippen LogP contribution in [0.4, 0.5) is 0 Å². The van der Waals surface area contributed by atoms with Gasteiger partial charge in [0.05, 0.1) is 0 Å². The average molecular weight is 154 g/mol. The molecule has 0 bridgehead atoms. The van der Waals surface area contributed by atoms with Gasteiger partial charge >= 0.3 is 0 Å². The molecule has 1 nitrogen and oxygen atoms in total. The van der Waals surface area contributed by atoms with Crippen LogP contribution in [0.5, 0.6) is 0 Å². The Bertz CT molecular complexity index is 102. The summed E-state index contributed by atoms with van der Waals surface area (Å²) in [5, 5.41) is 0. The van der Waals surface area contributed by atoms with Crippen LogP contribution in [-0.2, 0) is 4.74 Å². The van der Waals surface area contributed by atoms with Gasteiger partial charge < -0.3 is 4.74 Å². The SMILES string of the molecule is C#CCCCCOCCCC. The second-order valence-corrected chi connectivity index (χ2v) is 2.63. The summed E-state index contributed by atoms with van der Waals surface area (Å²) in [7, 11) is 0. The van der Waals surface area contributed by atoms with Gasteiger partial charge in [0.2, 0.25) is 0 Å². The predicted molar refractivity (Wildman–Crippen MR) is 48.4 cm³/mol. The largest absolute Gasteiger partial charge is 0.381 e. The highest BCUT2D eigenvalue weighted by Gasteiger charge is 1.87. The maximum Gasteiger partial charge on any atom is 0.0466 e. The fourth-order valence-corrected chi connectivity index (χ4v) is 0.780. The molecule has 0 aliphatic rings. The van der Waals surface area contributed by atoms with Gasteiger partial charge in [-0.1, -0.05) is 13.3 Å². The Kier molecular flexibility index (Phi) is 9.10. The molecule has 11 heavy (non-hydrogen) atoms. The zero-order valence-corrected chi connectivity index (χ0v) is 7.44. The molecular formula is C10H18O. The van der Waals surface area contributed by atoms with E-state index in [9.17, 15) is 0 Å². The van der Waals surface area contributed by atoms with Crippen molar-refractivity contribution in [2.24, 2.45) is 0 Å². The quantitative estimate of drug-likeness (QED) is 0.404. The number of rotatable bonds is 7. The monoisotopic (exact) mass is 154 g/mol. The molecule has 0 fully saturated rings. The van der Waals surface area contributed by atoms with E-state index in [-0.39, 0.29) is 0 Å². The van der Waals surface area contributed by atoms with Crippen LogP contribution in [0.2, 0.25) is 0 Å². The van der Waals surface area contributed by atoms with Gasteiger partial charge in [-0.3, -0.25) is 0 Å². The van der Waals surface area contributed by atoms with Gasteiger partial charge in [0.1, 0.15) is 0 Å². The third-order valence-electron chi connectivity index (χ3n) is 1.50. The summed E-state index contributed by atoms with van der Waals surface area (Å²) >= 11 is 0. The van der Waals surface area contributed by atoms with Crippen LogP contribution in [-0.4, -0.2) is 13.2 Å². The van der Waals surface area contributed by atoms with Crippen LogP contribution >= 0.6 is 0 Å². The molecule has 0 N–H and O–H groups in total. The lowest BCUT2D eigenvalue weighted by atomic mass is 10.2. The fraction of sp³-hybridized carbons (Fsp3) is 0.800. The molecule has 0 aromatic carbocycles. The van der Waals surface area contributed by atoms with Crippen molar-refractivity contribution in [3.8, 4) is 12.3 Å². The Morgan fingerprint density at radius 2 is 1.91 bits per heavy atom. The van der Waals surface area contributed by atoms with Gasteiger partial charge in [-0.25, -0.2) is 0 Å². The summed E-state index contributed by atoms with van der Waals surface area (Å²) in [6.45, 7) is 3.95. The van der Waals surface area contributed by atoms with E-state index in [1.807, 2.05) is 0 Å². The summed E-state index contributed by atoms with van der Waals surface area (Å²) in [4.78, 5) is 0. The maximum absolute atomic E-state index is 5.35. The summed E-state index contributed by atoms with van der Waals surface area (Å²) in [6, 6.07) is 0. The van der Waals surface area contributed by atoms with Gasteiger partial charge in [0, 0.05) is 19.6 Å². The Labute approximate surface area is 70.1 Å². The minimum atomic E-state index is 0.877. The number of hydrogen-bond donors (Lipinski definition) is 0. The lowest BCUT2D eigenvalue weighted by molar-refractivity contribution is 0.128. The fourth-order valence-electron chi connectivity index (χ4n) is 0.780. The highest BCUT2D eigenvalue weighted by Crippen LogP contribution is 1.95. The zero-order chi connectivity index (χ0) is 8.36. The summed E-state index contributed by atoms with van der Waals surface area (Å²) in [6.07, 6.45) is 10.6. The maximum atomic E-state index is 5.35. The minimum absolute atomic E-state index is 0.877. The predicted octanol–water partition coefficient (Wildman–Crippen LogP) is 2.61. The number of unbranched alkanes of at least 4 members (excludes halogenated alkanes) is 3. The van der Waals surface area contributed by atoms with E-state index in [0.717, 1.165) is 32.5 Å². The standard InChI is InChI=1S/C10H18O/c1-3-5-7-8-10-11-9-6-4-2/h1H,4-10H2,2H3. The second-order valence-electron chi connectivity index (χ2n) is 2.63. The number of terminal acetylenes is 1. The Hall–Kier alpha value is -0.480. The van der Waals surface area contributed by atoms with Crippen molar-refractivity contribution < 1.29 is 4.74 Å². The summed E-state index contributed by atoms with van der Waals surface area (Å²) in [5.41, 5.74) is 0. The summed E-state index contributed by atoms with van der Waals surface area (Å²) in [5.74, 6) is 2.61. The molecule has 1 heteroatoms. The lowest BCUT2D eigenvalue weighted by Gasteiger charge is -2.00. The van der Waals surface area contributed by atoms with Crippen molar-refractivity contribution in [2.45, 2.75) is 39.0 Å². The molecular weight excluding hydrogens is 136 g/mol. The molecule has 0 amide bonds. The van der Waals surface area contributed by atoms with Crippen LogP contribution < -0.4 is 0 Å². The topological polar surface area (TPSA) is 9.23 Å². The van der Waals surface area contributed by atoms with E-state index in [2.05, 4.69) is 12.8 Å². The molecule has 0 rings (SSSR count). The lowest BCUT2D eigenvalue weighted by Crippen LogP contribution is -1.95. The first kappa shape index (κ1) is 10.5. The van der Waals surface area contributed by atoms with Gasteiger partial charge in [-0.15, -0.1) is 12.3 Å². The molecule has 64 valence electrons. The van der Waals surface area contributed by atoms with E-state index in [4.69, 9.17) is 11.2 Å².